The van der Waals surface area contributed by atoms with Gasteiger partial charge < -0.3 is 16.4 Å². The summed E-state index contributed by atoms with van der Waals surface area (Å²) in [4.78, 5) is 11.4. The highest BCUT2D eigenvalue weighted by molar-refractivity contribution is 5.89. The molecule has 16 heavy (non-hydrogen) atoms. The molecule has 0 aliphatic rings. The molecule has 0 atom stereocenters. The molecule has 0 fully saturated rings. The molecule has 0 saturated carbocycles. The van der Waals surface area contributed by atoms with Crippen LogP contribution in [-0.2, 0) is 0 Å². The topological polar surface area (TPSA) is 67.1 Å². The number of carbonyl (C=O) groups is 1. The number of hydrogen-bond acceptors (Lipinski definition) is 2. The number of carbonyl (C=O) groups excluding carboxylic acids is 1. The lowest BCUT2D eigenvalue weighted by molar-refractivity contribution is 0.249. The Bertz CT molecular complexity index is 374. The minimum atomic E-state index is -0.493. The van der Waals surface area contributed by atoms with Gasteiger partial charge in [0.2, 0.25) is 0 Å². The lowest BCUT2D eigenvalue weighted by atomic mass is 10.1. The molecule has 1 aromatic carbocycles. The van der Waals surface area contributed by atoms with Gasteiger partial charge in [-0.05, 0) is 26.0 Å². The predicted molar refractivity (Wildman–Crippen MR) is 61.7 cm³/mol. The third-order valence-corrected chi connectivity index (χ3v) is 1.83. The van der Waals surface area contributed by atoms with Crippen LogP contribution >= 0.6 is 0 Å². The maximum Gasteiger partial charge on any atom is 0.319 e. The van der Waals surface area contributed by atoms with Crippen LogP contribution in [0.3, 0.4) is 0 Å². The molecular formula is C11H16FN3O. The molecule has 0 aliphatic carbocycles. The molecule has 1 rings (SSSR count). The van der Waals surface area contributed by atoms with Crippen LogP contribution in [0.15, 0.2) is 24.3 Å². The first-order chi connectivity index (χ1) is 7.38. The number of rotatable bonds is 3. The minimum Gasteiger partial charge on any atom is -0.336 e. The van der Waals surface area contributed by atoms with Crippen molar-refractivity contribution in [1.82, 2.24) is 5.32 Å². The standard InChI is InChI=1S/C11H16FN3O/c1-11(2,13)7-14-10(16)15-9-6-4-3-5-8(9)12/h3-6H,7,13H2,1-2H3,(H2,14,15,16). The first kappa shape index (κ1) is 12.4. The van der Waals surface area contributed by atoms with E-state index in [0.29, 0.717) is 6.54 Å². The second kappa shape index (κ2) is 4.94. The van der Waals surface area contributed by atoms with Gasteiger partial charge in [0.1, 0.15) is 5.82 Å². The van der Waals surface area contributed by atoms with Gasteiger partial charge >= 0.3 is 6.03 Å². The van der Waals surface area contributed by atoms with E-state index >= 15 is 0 Å². The second-order valence-electron chi connectivity index (χ2n) is 4.28. The van der Waals surface area contributed by atoms with E-state index in [4.69, 9.17) is 5.73 Å². The summed E-state index contributed by atoms with van der Waals surface area (Å²) in [6.45, 7) is 3.89. The van der Waals surface area contributed by atoms with E-state index in [-0.39, 0.29) is 5.69 Å². The number of nitrogens with two attached hydrogens (primary N) is 1. The predicted octanol–water partition coefficient (Wildman–Crippen LogP) is 1.68. The summed E-state index contributed by atoms with van der Waals surface area (Å²) >= 11 is 0. The lowest BCUT2D eigenvalue weighted by Crippen LogP contribution is -2.46. The highest BCUT2D eigenvalue weighted by Crippen LogP contribution is 2.11. The van der Waals surface area contributed by atoms with Gasteiger partial charge in [-0.3, -0.25) is 0 Å². The normalized spacial score (nSPS) is 11.0. The molecule has 1 aromatic rings. The third-order valence-electron chi connectivity index (χ3n) is 1.83. The average Bonchev–Trinajstić information content (AvgIpc) is 2.18. The van der Waals surface area contributed by atoms with Crippen LogP contribution in [0.2, 0.25) is 0 Å². The smallest absolute Gasteiger partial charge is 0.319 e. The van der Waals surface area contributed by atoms with Crippen molar-refractivity contribution in [2.24, 2.45) is 5.73 Å². The SMILES string of the molecule is CC(C)(N)CNC(=O)Nc1ccccc1F. The van der Waals surface area contributed by atoms with Gasteiger partial charge in [0, 0.05) is 12.1 Å². The number of anilines is 1. The largest absolute Gasteiger partial charge is 0.336 e. The van der Waals surface area contributed by atoms with Gasteiger partial charge in [0.15, 0.2) is 0 Å². The molecular weight excluding hydrogens is 209 g/mol. The second-order valence-corrected chi connectivity index (χ2v) is 4.28. The molecule has 0 radical (unpaired) electrons. The fourth-order valence-corrected chi connectivity index (χ4v) is 1.04. The molecule has 88 valence electrons. The molecule has 0 bridgehead atoms. The number of hydrogen-bond donors (Lipinski definition) is 3. The fourth-order valence-electron chi connectivity index (χ4n) is 1.04. The number of halogens is 1. The Morgan fingerprint density at radius 3 is 2.62 bits per heavy atom. The van der Waals surface area contributed by atoms with Crippen molar-refractivity contribution in [1.29, 1.82) is 0 Å². The molecule has 0 heterocycles. The number of benzene rings is 1. The van der Waals surface area contributed by atoms with Crippen LogP contribution in [0.25, 0.3) is 0 Å². The van der Waals surface area contributed by atoms with Crippen molar-refractivity contribution in [3.05, 3.63) is 30.1 Å². The summed E-state index contributed by atoms with van der Waals surface area (Å²) in [5.74, 6) is -0.468. The zero-order chi connectivity index (χ0) is 12.2. The van der Waals surface area contributed by atoms with Gasteiger partial charge in [-0.15, -0.1) is 0 Å². The van der Waals surface area contributed by atoms with Crippen LogP contribution in [0.5, 0.6) is 0 Å². The van der Waals surface area contributed by atoms with Crippen LogP contribution in [-0.4, -0.2) is 18.1 Å². The van der Waals surface area contributed by atoms with Crippen LogP contribution < -0.4 is 16.4 Å². The lowest BCUT2D eigenvalue weighted by Gasteiger charge is -2.19. The molecule has 0 aliphatic heterocycles. The van der Waals surface area contributed by atoms with Gasteiger partial charge in [-0.2, -0.15) is 0 Å². The first-order valence-electron chi connectivity index (χ1n) is 4.97. The Morgan fingerprint density at radius 2 is 2.06 bits per heavy atom. The van der Waals surface area contributed by atoms with Gasteiger partial charge in [-0.1, -0.05) is 12.1 Å². The van der Waals surface area contributed by atoms with Crippen molar-refractivity contribution in [3.8, 4) is 0 Å². The van der Waals surface area contributed by atoms with Crippen LogP contribution in [0.4, 0.5) is 14.9 Å². The molecule has 2 amide bonds. The highest BCUT2D eigenvalue weighted by atomic mass is 19.1. The molecule has 4 nitrogen and oxygen atoms in total. The fraction of sp³-hybridized carbons (Fsp3) is 0.364. The van der Waals surface area contributed by atoms with E-state index in [1.54, 1.807) is 26.0 Å². The number of urea groups is 1. The quantitative estimate of drug-likeness (QED) is 0.732. The zero-order valence-electron chi connectivity index (χ0n) is 9.38. The van der Waals surface area contributed by atoms with Crippen LogP contribution in [0, 0.1) is 5.82 Å². The Morgan fingerprint density at radius 1 is 1.44 bits per heavy atom. The first-order valence-corrected chi connectivity index (χ1v) is 4.97. The van der Waals surface area contributed by atoms with E-state index in [9.17, 15) is 9.18 Å². The summed E-state index contributed by atoms with van der Waals surface area (Å²) in [6, 6.07) is 5.50. The number of nitrogens with one attached hydrogen (secondary N) is 2. The Balaban J connectivity index is 2.50. The monoisotopic (exact) mass is 225 g/mol. The maximum atomic E-state index is 13.2. The van der Waals surface area contributed by atoms with E-state index in [2.05, 4.69) is 10.6 Å². The summed E-state index contributed by atoms with van der Waals surface area (Å²) in [6.07, 6.45) is 0. The molecule has 0 unspecified atom stereocenters. The maximum absolute atomic E-state index is 13.2. The Kier molecular flexibility index (Phi) is 3.84. The van der Waals surface area contributed by atoms with Crippen molar-refractivity contribution in [3.63, 3.8) is 0 Å². The molecule has 0 spiro atoms. The van der Waals surface area contributed by atoms with Crippen molar-refractivity contribution >= 4 is 11.7 Å². The van der Waals surface area contributed by atoms with Gasteiger partial charge in [0.05, 0.1) is 5.69 Å². The third kappa shape index (κ3) is 4.27. The van der Waals surface area contributed by atoms with Gasteiger partial charge in [-0.25, -0.2) is 9.18 Å². The van der Waals surface area contributed by atoms with E-state index in [0.717, 1.165) is 0 Å². The Labute approximate surface area is 94.0 Å². The Hall–Kier alpha value is -1.62. The average molecular weight is 225 g/mol. The van der Waals surface area contributed by atoms with E-state index < -0.39 is 17.4 Å². The van der Waals surface area contributed by atoms with E-state index in [1.165, 1.54) is 12.1 Å². The number of para-hydroxylation sites is 1. The summed E-state index contributed by atoms with van der Waals surface area (Å²) < 4.78 is 13.2. The van der Waals surface area contributed by atoms with Crippen molar-refractivity contribution in [2.45, 2.75) is 19.4 Å². The summed E-state index contributed by atoms with van der Waals surface area (Å²) in [7, 11) is 0. The summed E-state index contributed by atoms with van der Waals surface area (Å²) in [5, 5.41) is 4.96. The molecule has 0 saturated heterocycles. The van der Waals surface area contributed by atoms with Gasteiger partial charge in [0.25, 0.3) is 0 Å². The molecule has 5 heteroatoms. The van der Waals surface area contributed by atoms with Crippen molar-refractivity contribution in [2.75, 3.05) is 11.9 Å². The number of amides is 2. The molecule has 0 aromatic heterocycles. The highest BCUT2D eigenvalue weighted by Gasteiger charge is 2.12. The van der Waals surface area contributed by atoms with Crippen molar-refractivity contribution < 1.29 is 9.18 Å². The summed E-state index contributed by atoms with van der Waals surface area (Å²) in [5.41, 5.74) is 5.34. The minimum absolute atomic E-state index is 0.148. The van der Waals surface area contributed by atoms with Crippen LogP contribution in [0.1, 0.15) is 13.8 Å². The molecule has 4 N–H and O–H groups in total. The zero-order valence-corrected chi connectivity index (χ0v) is 9.38. The van der Waals surface area contributed by atoms with E-state index in [1.807, 2.05) is 0 Å².